The minimum atomic E-state index is -0.221. The third-order valence-corrected chi connectivity index (χ3v) is 6.78. The van der Waals surface area contributed by atoms with Gasteiger partial charge in [-0.25, -0.2) is 4.39 Å². The molecule has 122 valence electrons. The zero-order chi connectivity index (χ0) is 15.6. The van der Waals surface area contributed by atoms with Crippen LogP contribution in [0.25, 0.3) is 0 Å². The summed E-state index contributed by atoms with van der Waals surface area (Å²) in [4.78, 5) is 15.2. The number of halogens is 1. The van der Waals surface area contributed by atoms with Crippen LogP contribution in [0.5, 0.6) is 0 Å². The molecular weight excluding hydrogens is 291 g/mol. The third kappa shape index (κ3) is 2.07. The van der Waals surface area contributed by atoms with Crippen molar-refractivity contribution in [3.05, 3.63) is 35.6 Å². The quantitative estimate of drug-likeness (QED) is 0.910. The lowest BCUT2D eigenvalue weighted by atomic mass is 9.98. The van der Waals surface area contributed by atoms with Gasteiger partial charge in [0.1, 0.15) is 5.82 Å². The Labute approximate surface area is 136 Å². The fourth-order valence-corrected chi connectivity index (χ4v) is 5.83. The maximum Gasteiger partial charge on any atom is 0.226 e. The van der Waals surface area contributed by atoms with Crippen LogP contribution < -0.4 is 5.32 Å². The number of nitrogens with zero attached hydrogens (tertiary/aromatic N) is 1. The first-order valence-electron chi connectivity index (χ1n) is 9.00. The summed E-state index contributed by atoms with van der Waals surface area (Å²) >= 11 is 0. The predicted molar refractivity (Wildman–Crippen MR) is 85.0 cm³/mol. The highest BCUT2D eigenvalue weighted by Crippen LogP contribution is 2.69. The molecule has 4 heteroatoms. The molecule has 23 heavy (non-hydrogen) atoms. The van der Waals surface area contributed by atoms with Gasteiger partial charge in [-0.3, -0.25) is 4.79 Å². The molecule has 0 spiro atoms. The summed E-state index contributed by atoms with van der Waals surface area (Å²) < 4.78 is 13.6. The van der Waals surface area contributed by atoms with Crippen molar-refractivity contribution in [2.24, 2.45) is 29.6 Å². The van der Waals surface area contributed by atoms with Gasteiger partial charge in [-0.1, -0.05) is 12.1 Å². The van der Waals surface area contributed by atoms with Crippen LogP contribution in [0, 0.1) is 35.4 Å². The van der Waals surface area contributed by atoms with Crippen molar-refractivity contribution in [2.75, 3.05) is 19.6 Å². The highest BCUT2D eigenvalue weighted by Gasteiger charge is 2.68. The number of nitrogens with one attached hydrogen (secondary N) is 1. The third-order valence-electron chi connectivity index (χ3n) is 6.78. The van der Waals surface area contributed by atoms with E-state index >= 15 is 0 Å². The van der Waals surface area contributed by atoms with Gasteiger partial charge in [0.05, 0.1) is 6.04 Å². The van der Waals surface area contributed by atoms with E-state index in [1.165, 1.54) is 25.3 Å². The van der Waals surface area contributed by atoms with E-state index in [1.807, 2.05) is 11.0 Å². The van der Waals surface area contributed by atoms with Gasteiger partial charge in [0.25, 0.3) is 0 Å². The maximum atomic E-state index is 13.6. The summed E-state index contributed by atoms with van der Waals surface area (Å²) in [5.41, 5.74) is 0.916. The molecule has 3 saturated carbocycles. The summed E-state index contributed by atoms with van der Waals surface area (Å²) in [6.07, 6.45) is 4.04. The smallest absolute Gasteiger partial charge is 0.226 e. The summed E-state index contributed by atoms with van der Waals surface area (Å²) in [6.45, 7) is 2.31. The Morgan fingerprint density at radius 2 is 2.00 bits per heavy atom. The van der Waals surface area contributed by atoms with Gasteiger partial charge in [0, 0.05) is 25.6 Å². The van der Waals surface area contributed by atoms with Crippen molar-refractivity contribution in [3.63, 3.8) is 0 Å². The van der Waals surface area contributed by atoms with E-state index in [4.69, 9.17) is 0 Å². The van der Waals surface area contributed by atoms with E-state index < -0.39 is 0 Å². The number of hydrogen-bond acceptors (Lipinski definition) is 2. The summed E-state index contributed by atoms with van der Waals surface area (Å²) in [5.74, 6) is 3.36. The molecule has 3 aliphatic carbocycles. The molecule has 3 nitrogen and oxygen atoms in total. The van der Waals surface area contributed by atoms with Crippen LogP contribution in [0.15, 0.2) is 24.3 Å². The van der Waals surface area contributed by atoms with Crippen molar-refractivity contribution >= 4 is 5.91 Å². The second-order valence-corrected chi connectivity index (χ2v) is 7.82. The molecule has 1 aliphatic heterocycles. The number of fused-ring (bicyclic) bond motifs is 5. The lowest BCUT2D eigenvalue weighted by Gasteiger charge is -2.37. The van der Waals surface area contributed by atoms with Gasteiger partial charge in [-0.2, -0.15) is 0 Å². The average molecular weight is 314 g/mol. The zero-order valence-corrected chi connectivity index (χ0v) is 13.2. The van der Waals surface area contributed by atoms with Crippen LogP contribution in [0.3, 0.4) is 0 Å². The normalized spacial score (nSPS) is 41.0. The summed E-state index contributed by atoms with van der Waals surface area (Å²) in [7, 11) is 0. The SMILES string of the molecule is O=C(C1C2C3CCC(C3)C12)N1CCNCC1c1cccc(F)c1. The molecule has 4 aliphatic rings. The molecule has 0 radical (unpaired) electrons. The minimum absolute atomic E-state index is 0.0223. The van der Waals surface area contributed by atoms with Crippen LogP contribution in [-0.2, 0) is 4.79 Å². The Bertz CT molecular complexity index is 632. The van der Waals surface area contributed by atoms with Crippen LogP contribution in [-0.4, -0.2) is 30.4 Å². The lowest BCUT2D eigenvalue weighted by molar-refractivity contribution is -0.137. The Balaban J connectivity index is 1.39. The molecule has 1 amide bonds. The second kappa shape index (κ2) is 5.04. The molecule has 5 unspecified atom stereocenters. The Morgan fingerprint density at radius 3 is 2.74 bits per heavy atom. The fourth-order valence-electron chi connectivity index (χ4n) is 5.83. The number of rotatable bonds is 2. The van der Waals surface area contributed by atoms with E-state index in [1.54, 1.807) is 12.1 Å². The van der Waals surface area contributed by atoms with Gasteiger partial charge in [0.2, 0.25) is 5.91 Å². The highest BCUT2D eigenvalue weighted by molar-refractivity contribution is 5.83. The average Bonchev–Trinajstić information content (AvgIpc) is 3.01. The number of piperazine rings is 1. The highest BCUT2D eigenvalue weighted by atomic mass is 19.1. The van der Waals surface area contributed by atoms with Gasteiger partial charge in [0.15, 0.2) is 0 Å². The van der Waals surface area contributed by atoms with Crippen LogP contribution >= 0.6 is 0 Å². The second-order valence-electron chi connectivity index (χ2n) is 7.82. The van der Waals surface area contributed by atoms with E-state index in [2.05, 4.69) is 5.32 Å². The van der Waals surface area contributed by atoms with Crippen LogP contribution in [0.2, 0.25) is 0 Å². The van der Waals surface area contributed by atoms with E-state index in [0.717, 1.165) is 37.0 Å². The maximum absolute atomic E-state index is 13.6. The van der Waals surface area contributed by atoms with Gasteiger partial charge >= 0.3 is 0 Å². The molecule has 1 heterocycles. The lowest BCUT2D eigenvalue weighted by Crippen LogP contribution is -2.49. The summed E-state index contributed by atoms with van der Waals surface area (Å²) in [5, 5.41) is 3.36. The molecule has 1 N–H and O–H groups in total. The molecular formula is C19H23FN2O. The molecule has 4 fully saturated rings. The van der Waals surface area contributed by atoms with Crippen molar-refractivity contribution < 1.29 is 9.18 Å². The van der Waals surface area contributed by atoms with Crippen LogP contribution in [0.1, 0.15) is 30.9 Å². The van der Waals surface area contributed by atoms with Gasteiger partial charge in [-0.05, 0) is 60.6 Å². The Morgan fingerprint density at radius 1 is 1.22 bits per heavy atom. The fraction of sp³-hybridized carbons (Fsp3) is 0.632. The molecule has 2 bridgehead atoms. The van der Waals surface area contributed by atoms with Crippen molar-refractivity contribution in [3.8, 4) is 0 Å². The first kappa shape index (κ1) is 14.0. The molecule has 0 aromatic heterocycles. The molecule has 1 saturated heterocycles. The van der Waals surface area contributed by atoms with Crippen molar-refractivity contribution in [1.82, 2.24) is 10.2 Å². The topological polar surface area (TPSA) is 32.3 Å². The van der Waals surface area contributed by atoms with Gasteiger partial charge < -0.3 is 10.2 Å². The Hall–Kier alpha value is -1.42. The zero-order valence-electron chi connectivity index (χ0n) is 13.2. The summed E-state index contributed by atoms with van der Waals surface area (Å²) in [6, 6.07) is 6.71. The minimum Gasteiger partial charge on any atom is -0.333 e. The number of carbonyl (C=O) groups is 1. The monoisotopic (exact) mass is 314 g/mol. The Kier molecular flexibility index (Phi) is 3.06. The number of benzene rings is 1. The molecule has 5 atom stereocenters. The molecule has 1 aromatic carbocycles. The first-order chi connectivity index (χ1) is 11.2. The van der Waals surface area contributed by atoms with Crippen molar-refractivity contribution in [1.29, 1.82) is 0 Å². The number of hydrogen-bond donors (Lipinski definition) is 1. The van der Waals surface area contributed by atoms with E-state index in [-0.39, 0.29) is 17.8 Å². The number of carbonyl (C=O) groups excluding carboxylic acids is 1. The van der Waals surface area contributed by atoms with Crippen LogP contribution in [0.4, 0.5) is 4.39 Å². The molecule has 5 rings (SSSR count). The van der Waals surface area contributed by atoms with Crippen molar-refractivity contribution in [2.45, 2.75) is 25.3 Å². The molecule has 1 aromatic rings. The van der Waals surface area contributed by atoms with E-state index in [0.29, 0.717) is 17.7 Å². The largest absolute Gasteiger partial charge is 0.333 e. The predicted octanol–water partition coefficient (Wildman–Crippen LogP) is 2.59. The first-order valence-corrected chi connectivity index (χ1v) is 9.00. The number of amides is 1. The van der Waals surface area contributed by atoms with Gasteiger partial charge in [-0.15, -0.1) is 0 Å². The standard InChI is InChI=1S/C19H23FN2O/c20-14-3-1-2-11(9-14)15-10-21-6-7-22(15)19(23)18-16-12-4-5-13(8-12)17(16)18/h1-3,9,12-13,15-18,21H,4-8,10H2. The van der Waals surface area contributed by atoms with E-state index in [9.17, 15) is 9.18 Å².